The van der Waals surface area contributed by atoms with Crippen LogP contribution in [-0.4, -0.2) is 54.5 Å². The summed E-state index contributed by atoms with van der Waals surface area (Å²) in [6, 6.07) is 10.8. The smallest absolute Gasteiger partial charge is 0.243 e. The number of terminal acetylenes is 1. The van der Waals surface area contributed by atoms with Crippen molar-refractivity contribution in [2.75, 3.05) is 25.2 Å². The number of aromatic nitrogens is 2. The number of ether oxygens (including phenoxy) is 2. The van der Waals surface area contributed by atoms with Crippen molar-refractivity contribution in [1.82, 2.24) is 19.6 Å². The van der Waals surface area contributed by atoms with Crippen LogP contribution in [0.4, 0.5) is 10.3 Å². The average molecular weight is 538 g/mol. The predicted octanol–water partition coefficient (Wildman–Crippen LogP) is 2.53. The number of nitrogens with one attached hydrogen (secondary N) is 2. The van der Waals surface area contributed by atoms with Crippen LogP contribution in [0, 0.1) is 18.2 Å². The van der Waals surface area contributed by atoms with Gasteiger partial charge in [0.2, 0.25) is 28.7 Å². The summed E-state index contributed by atoms with van der Waals surface area (Å²) >= 11 is 0. The maximum absolute atomic E-state index is 13.3. The number of hydrogen-bond donors (Lipinski definition) is 2. The summed E-state index contributed by atoms with van der Waals surface area (Å²) in [5, 5.41) is 5.75. The van der Waals surface area contributed by atoms with E-state index in [1.807, 2.05) is 6.07 Å². The van der Waals surface area contributed by atoms with Crippen LogP contribution in [0.3, 0.4) is 0 Å². The molecular weight excluding hydrogens is 513 g/mol. The molecule has 1 fully saturated rings. The quantitative estimate of drug-likeness (QED) is 0.421. The van der Waals surface area contributed by atoms with E-state index in [4.69, 9.17) is 15.9 Å². The first-order valence-corrected chi connectivity index (χ1v) is 13.3. The maximum atomic E-state index is 13.3. The Kier molecular flexibility index (Phi) is 7.13. The molecule has 2 aromatic carbocycles. The van der Waals surface area contributed by atoms with E-state index in [9.17, 15) is 17.6 Å². The number of hydrogen-bond acceptors (Lipinski definition) is 8. The van der Waals surface area contributed by atoms with Gasteiger partial charge in [-0.25, -0.2) is 22.8 Å². The van der Waals surface area contributed by atoms with Crippen LogP contribution < -0.4 is 20.1 Å². The third-order valence-corrected chi connectivity index (χ3v) is 8.09. The Bertz CT molecular complexity index is 1510. The second kappa shape index (κ2) is 10.6. The highest BCUT2D eigenvalue weighted by molar-refractivity contribution is 7.89. The van der Waals surface area contributed by atoms with Gasteiger partial charge in [0.15, 0.2) is 11.5 Å². The first-order valence-electron chi connectivity index (χ1n) is 11.9. The van der Waals surface area contributed by atoms with Gasteiger partial charge in [0.1, 0.15) is 11.9 Å². The highest BCUT2D eigenvalue weighted by atomic mass is 32.2. The number of amides is 1. The Hall–Kier alpha value is -4.21. The largest absolute Gasteiger partial charge is 0.454 e. The molecule has 1 aromatic heterocycles. The van der Waals surface area contributed by atoms with E-state index in [0.717, 1.165) is 22.0 Å². The molecule has 0 spiro atoms. The second-order valence-corrected chi connectivity index (χ2v) is 10.5. The van der Waals surface area contributed by atoms with Crippen LogP contribution in [0.1, 0.15) is 18.5 Å². The van der Waals surface area contributed by atoms with Crippen LogP contribution in [0.15, 0.2) is 53.4 Å². The summed E-state index contributed by atoms with van der Waals surface area (Å²) < 4.78 is 51.5. The highest BCUT2D eigenvalue weighted by Crippen LogP contribution is 2.35. The molecule has 196 valence electrons. The fourth-order valence-corrected chi connectivity index (χ4v) is 5.98. The van der Waals surface area contributed by atoms with Gasteiger partial charge in [-0.1, -0.05) is 5.92 Å². The molecule has 1 amide bonds. The number of sulfonamides is 1. The van der Waals surface area contributed by atoms with Gasteiger partial charge >= 0.3 is 0 Å². The molecule has 2 aliphatic rings. The standard InChI is InChI=1S/C26H24FN5O5S/c1-2-11-28-26-30-19(14-21(31-26)17-5-10-23-24(13-17)37-16-36-23)15-29-25(33)22-4-3-12-32(22)38(34,35)20-8-6-18(27)7-9-20/h1,5-10,13-14,22H,3-4,11-12,15-16H2,(H,29,33)(H,28,30,31)/t22-/m0/s1. The molecule has 0 bridgehead atoms. The lowest BCUT2D eigenvalue weighted by molar-refractivity contribution is -0.124. The minimum atomic E-state index is -3.97. The molecule has 38 heavy (non-hydrogen) atoms. The number of fused-ring (bicyclic) bond motifs is 1. The normalized spacial score (nSPS) is 16.7. The number of benzene rings is 2. The van der Waals surface area contributed by atoms with Crippen molar-refractivity contribution in [3.05, 3.63) is 60.0 Å². The van der Waals surface area contributed by atoms with Gasteiger partial charge in [-0.05, 0) is 61.4 Å². The summed E-state index contributed by atoms with van der Waals surface area (Å²) in [7, 11) is -3.97. The van der Waals surface area contributed by atoms with Crippen molar-refractivity contribution in [2.45, 2.75) is 30.3 Å². The van der Waals surface area contributed by atoms with Crippen molar-refractivity contribution < 1.29 is 27.1 Å². The third-order valence-electron chi connectivity index (χ3n) is 6.17. The number of nitrogens with zero attached hydrogens (tertiary/aromatic N) is 3. The van der Waals surface area contributed by atoms with Gasteiger partial charge in [0.25, 0.3) is 0 Å². The number of carbonyl (C=O) groups excluding carboxylic acids is 1. The summed E-state index contributed by atoms with van der Waals surface area (Å²) in [5.41, 5.74) is 1.82. The minimum absolute atomic E-state index is 0.0323. The third kappa shape index (κ3) is 5.25. The lowest BCUT2D eigenvalue weighted by Gasteiger charge is -2.23. The van der Waals surface area contributed by atoms with Crippen molar-refractivity contribution >= 4 is 21.9 Å². The molecule has 1 atom stereocenters. The zero-order valence-electron chi connectivity index (χ0n) is 20.2. The van der Waals surface area contributed by atoms with E-state index in [0.29, 0.717) is 35.7 Å². The Labute approximate surface area is 219 Å². The monoisotopic (exact) mass is 537 g/mol. The van der Waals surface area contributed by atoms with Crippen molar-refractivity contribution in [2.24, 2.45) is 0 Å². The lowest BCUT2D eigenvalue weighted by Crippen LogP contribution is -2.45. The van der Waals surface area contributed by atoms with E-state index >= 15 is 0 Å². The molecule has 2 aliphatic heterocycles. The fourth-order valence-electron chi connectivity index (χ4n) is 4.33. The Morgan fingerprint density at radius 2 is 1.92 bits per heavy atom. The van der Waals surface area contributed by atoms with E-state index in [1.54, 1.807) is 18.2 Å². The number of halogens is 1. The summed E-state index contributed by atoms with van der Waals surface area (Å²) in [6.07, 6.45) is 6.26. The Morgan fingerprint density at radius 3 is 2.71 bits per heavy atom. The SMILES string of the molecule is C#CCNc1nc(CNC(=O)[C@@H]2CCCN2S(=O)(=O)c2ccc(F)cc2)cc(-c2ccc3c(c2)OCO3)n1. The lowest BCUT2D eigenvalue weighted by atomic mass is 10.1. The zero-order chi connectivity index (χ0) is 26.7. The van der Waals surface area contributed by atoms with Crippen molar-refractivity contribution in [3.8, 4) is 35.1 Å². The van der Waals surface area contributed by atoms with Crippen LogP contribution in [0.5, 0.6) is 11.5 Å². The van der Waals surface area contributed by atoms with Crippen LogP contribution >= 0.6 is 0 Å². The molecule has 1 saturated heterocycles. The molecule has 0 saturated carbocycles. The van der Waals surface area contributed by atoms with Gasteiger partial charge < -0.3 is 20.1 Å². The van der Waals surface area contributed by atoms with E-state index in [2.05, 4.69) is 26.5 Å². The first kappa shape index (κ1) is 25.4. The van der Waals surface area contributed by atoms with Crippen LogP contribution in [0.2, 0.25) is 0 Å². The maximum Gasteiger partial charge on any atom is 0.243 e. The van der Waals surface area contributed by atoms with Gasteiger partial charge in [-0.2, -0.15) is 4.31 Å². The van der Waals surface area contributed by atoms with E-state index in [1.165, 1.54) is 12.1 Å². The topological polar surface area (TPSA) is 123 Å². The van der Waals surface area contributed by atoms with Crippen molar-refractivity contribution in [1.29, 1.82) is 0 Å². The first-order chi connectivity index (χ1) is 18.3. The fraction of sp³-hybridized carbons (Fsp3) is 0.269. The van der Waals surface area contributed by atoms with Crippen LogP contribution in [-0.2, 0) is 21.4 Å². The number of anilines is 1. The molecule has 2 N–H and O–H groups in total. The minimum Gasteiger partial charge on any atom is -0.454 e. The average Bonchev–Trinajstić information content (AvgIpc) is 3.61. The predicted molar refractivity (Wildman–Crippen MR) is 136 cm³/mol. The zero-order valence-corrected chi connectivity index (χ0v) is 21.0. The molecule has 5 rings (SSSR count). The summed E-state index contributed by atoms with van der Waals surface area (Å²) in [4.78, 5) is 22.0. The van der Waals surface area contributed by atoms with Gasteiger partial charge in [0, 0.05) is 12.1 Å². The van der Waals surface area contributed by atoms with Gasteiger partial charge in [-0.3, -0.25) is 4.79 Å². The molecule has 3 aromatic rings. The number of carbonyl (C=O) groups is 1. The van der Waals surface area contributed by atoms with Gasteiger partial charge in [-0.15, -0.1) is 6.42 Å². The summed E-state index contributed by atoms with van der Waals surface area (Å²) in [5.74, 6) is 2.99. The second-order valence-electron chi connectivity index (χ2n) is 8.64. The highest BCUT2D eigenvalue weighted by Gasteiger charge is 2.39. The number of rotatable bonds is 8. The Morgan fingerprint density at radius 1 is 1.13 bits per heavy atom. The molecule has 12 heteroatoms. The van der Waals surface area contributed by atoms with Crippen molar-refractivity contribution in [3.63, 3.8) is 0 Å². The molecule has 0 unspecified atom stereocenters. The molecule has 3 heterocycles. The molecule has 0 aliphatic carbocycles. The van der Waals surface area contributed by atoms with E-state index in [-0.39, 0.29) is 37.3 Å². The molecule has 10 nitrogen and oxygen atoms in total. The van der Waals surface area contributed by atoms with Gasteiger partial charge in [0.05, 0.1) is 29.4 Å². The Balaban J connectivity index is 1.34. The van der Waals surface area contributed by atoms with E-state index < -0.39 is 27.8 Å². The van der Waals surface area contributed by atoms with Crippen LogP contribution in [0.25, 0.3) is 11.3 Å². The molecular formula is C26H24FN5O5S. The molecule has 0 radical (unpaired) electrons. The summed E-state index contributed by atoms with van der Waals surface area (Å²) in [6.45, 7) is 0.572.